The summed E-state index contributed by atoms with van der Waals surface area (Å²) in [5.74, 6) is 0.352. The lowest BCUT2D eigenvalue weighted by molar-refractivity contribution is -0.120. The quantitative estimate of drug-likeness (QED) is 0.621. The Hall–Kier alpha value is -0.800. The molecule has 0 aliphatic rings. The van der Waals surface area contributed by atoms with E-state index in [1.807, 2.05) is 20.8 Å². The van der Waals surface area contributed by atoms with E-state index < -0.39 is 0 Å². The number of carbonyl (C=O) groups is 2. The lowest BCUT2D eigenvalue weighted by Gasteiger charge is -2.08. The van der Waals surface area contributed by atoms with Crippen molar-refractivity contribution in [2.24, 2.45) is 0 Å². The summed E-state index contributed by atoms with van der Waals surface area (Å²) >= 11 is 4.17. The van der Waals surface area contributed by atoms with Gasteiger partial charge in [-0.1, -0.05) is 48.7 Å². The highest BCUT2D eigenvalue weighted by Gasteiger charge is 2.17. The van der Waals surface area contributed by atoms with Gasteiger partial charge in [-0.15, -0.1) is 10.2 Å². The van der Waals surface area contributed by atoms with Crippen LogP contribution in [0.2, 0.25) is 0 Å². The summed E-state index contributed by atoms with van der Waals surface area (Å²) in [5, 5.41) is 13.6. The molecule has 124 valence electrons. The highest BCUT2D eigenvalue weighted by molar-refractivity contribution is 8.04. The number of nitrogens with one attached hydrogen (secondary N) is 2. The molecule has 0 aliphatic heterocycles. The fourth-order valence-electron chi connectivity index (χ4n) is 1.34. The molecule has 0 aliphatic carbocycles. The van der Waals surface area contributed by atoms with Crippen LogP contribution in [0.1, 0.15) is 33.6 Å². The molecular formula is C13H22N4O2S3. The average Bonchev–Trinajstić information content (AvgIpc) is 2.95. The predicted octanol–water partition coefficient (Wildman–Crippen LogP) is 2.16. The third-order valence-corrected chi connectivity index (χ3v) is 5.72. The molecule has 2 amide bonds. The zero-order chi connectivity index (χ0) is 16.4. The minimum Gasteiger partial charge on any atom is -0.355 e. The highest BCUT2D eigenvalue weighted by Crippen LogP contribution is 2.31. The second-order valence-corrected chi connectivity index (χ2v) is 8.31. The highest BCUT2D eigenvalue weighted by atomic mass is 32.2. The molecule has 6 nitrogen and oxygen atoms in total. The SMILES string of the molecule is CCCNC(=O)CSc1nnc(S[C@H](C)C(=O)NCCC)s1. The minimum absolute atomic E-state index is 0.00330. The van der Waals surface area contributed by atoms with E-state index in [1.165, 1.54) is 34.9 Å². The first-order valence-electron chi connectivity index (χ1n) is 7.24. The van der Waals surface area contributed by atoms with Gasteiger partial charge < -0.3 is 10.6 Å². The molecule has 0 saturated heterocycles. The molecule has 1 aromatic rings. The molecule has 0 spiro atoms. The van der Waals surface area contributed by atoms with Crippen molar-refractivity contribution >= 4 is 46.7 Å². The van der Waals surface area contributed by atoms with Crippen LogP contribution >= 0.6 is 34.9 Å². The van der Waals surface area contributed by atoms with Crippen LogP contribution in [0.4, 0.5) is 0 Å². The number of amides is 2. The van der Waals surface area contributed by atoms with Crippen molar-refractivity contribution in [3.05, 3.63) is 0 Å². The Morgan fingerprint density at radius 2 is 1.77 bits per heavy atom. The van der Waals surface area contributed by atoms with Crippen LogP contribution in [0, 0.1) is 0 Å². The predicted molar refractivity (Wildman–Crippen MR) is 92.6 cm³/mol. The number of carbonyl (C=O) groups excluding carboxylic acids is 2. The summed E-state index contributed by atoms with van der Waals surface area (Å²) in [6.07, 6.45) is 1.84. The molecule has 1 heterocycles. The number of hydrogen-bond donors (Lipinski definition) is 2. The maximum Gasteiger partial charge on any atom is 0.233 e. The fourth-order valence-corrected chi connectivity index (χ4v) is 4.36. The first-order chi connectivity index (χ1) is 10.6. The summed E-state index contributed by atoms with van der Waals surface area (Å²) in [5.41, 5.74) is 0. The third-order valence-electron chi connectivity index (χ3n) is 2.48. The Labute approximate surface area is 143 Å². The van der Waals surface area contributed by atoms with Gasteiger partial charge in [0.05, 0.1) is 11.0 Å². The third kappa shape index (κ3) is 7.46. The normalized spacial score (nSPS) is 12.0. The first-order valence-corrected chi connectivity index (χ1v) is 9.92. The summed E-state index contributed by atoms with van der Waals surface area (Å²) in [6, 6.07) is 0. The van der Waals surface area contributed by atoms with Gasteiger partial charge in [0.1, 0.15) is 0 Å². The van der Waals surface area contributed by atoms with Gasteiger partial charge in [-0.2, -0.15) is 0 Å². The van der Waals surface area contributed by atoms with Gasteiger partial charge in [-0.25, -0.2) is 0 Å². The minimum atomic E-state index is -0.204. The molecule has 22 heavy (non-hydrogen) atoms. The van der Waals surface area contributed by atoms with Crippen molar-refractivity contribution < 1.29 is 9.59 Å². The van der Waals surface area contributed by atoms with Crippen LogP contribution in [-0.4, -0.2) is 46.1 Å². The number of thioether (sulfide) groups is 2. The fraction of sp³-hybridized carbons (Fsp3) is 0.692. The number of nitrogens with zero attached hydrogens (tertiary/aromatic N) is 2. The Morgan fingerprint density at radius 3 is 2.45 bits per heavy atom. The molecule has 0 radical (unpaired) electrons. The Bertz CT molecular complexity index is 482. The molecule has 0 bridgehead atoms. The molecule has 0 unspecified atom stereocenters. The lowest BCUT2D eigenvalue weighted by atomic mass is 10.4. The number of hydrogen-bond acceptors (Lipinski definition) is 7. The largest absolute Gasteiger partial charge is 0.355 e. The smallest absolute Gasteiger partial charge is 0.233 e. The van der Waals surface area contributed by atoms with E-state index in [1.54, 1.807) is 0 Å². The number of rotatable bonds is 10. The summed E-state index contributed by atoms with van der Waals surface area (Å²) < 4.78 is 1.49. The van der Waals surface area contributed by atoms with Gasteiger partial charge >= 0.3 is 0 Å². The molecule has 1 atom stereocenters. The monoisotopic (exact) mass is 362 g/mol. The van der Waals surface area contributed by atoms with Gasteiger partial charge in [-0.05, 0) is 19.8 Å². The van der Waals surface area contributed by atoms with Gasteiger partial charge in [0, 0.05) is 13.1 Å². The second-order valence-electron chi connectivity index (χ2n) is 4.52. The van der Waals surface area contributed by atoms with Gasteiger partial charge in [-0.3, -0.25) is 9.59 Å². The molecule has 1 rings (SSSR count). The van der Waals surface area contributed by atoms with E-state index in [0.29, 0.717) is 18.8 Å². The van der Waals surface area contributed by atoms with E-state index in [4.69, 9.17) is 0 Å². The van der Waals surface area contributed by atoms with Crippen molar-refractivity contribution in [2.75, 3.05) is 18.8 Å². The van der Waals surface area contributed by atoms with E-state index >= 15 is 0 Å². The Morgan fingerprint density at radius 1 is 1.14 bits per heavy atom. The van der Waals surface area contributed by atoms with Crippen molar-refractivity contribution in [1.82, 2.24) is 20.8 Å². The maximum absolute atomic E-state index is 11.8. The standard InChI is InChI=1S/C13H22N4O2S3/c1-4-6-14-10(18)8-20-12-16-17-13(22-12)21-9(3)11(19)15-7-5-2/h9H,4-8H2,1-3H3,(H,14,18)(H,15,19)/t9-/m1/s1. The van der Waals surface area contributed by atoms with E-state index in [0.717, 1.165) is 21.5 Å². The molecular weight excluding hydrogens is 340 g/mol. The summed E-state index contributed by atoms with van der Waals surface area (Å²) in [6.45, 7) is 7.26. The van der Waals surface area contributed by atoms with Crippen molar-refractivity contribution in [3.8, 4) is 0 Å². The van der Waals surface area contributed by atoms with Gasteiger partial charge in [0.25, 0.3) is 0 Å². The molecule has 0 fully saturated rings. The van der Waals surface area contributed by atoms with Crippen molar-refractivity contribution in [2.45, 2.75) is 47.5 Å². The molecule has 0 saturated carbocycles. The van der Waals surface area contributed by atoms with Crippen LogP contribution in [0.5, 0.6) is 0 Å². The first kappa shape index (κ1) is 19.2. The topological polar surface area (TPSA) is 84.0 Å². The second kappa shape index (κ2) is 10.8. The molecule has 9 heteroatoms. The summed E-state index contributed by atoms with van der Waals surface area (Å²) in [7, 11) is 0. The zero-order valence-corrected chi connectivity index (χ0v) is 15.5. The van der Waals surface area contributed by atoms with E-state index in [-0.39, 0.29) is 17.1 Å². The van der Waals surface area contributed by atoms with Crippen LogP contribution in [0.25, 0.3) is 0 Å². The van der Waals surface area contributed by atoms with E-state index in [9.17, 15) is 9.59 Å². The zero-order valence-electron chi connectivity index (χ0n) is 13.0. The van der Waals surface area contributed by atoms with Crippen molar-refractivity contribution in [3.63, 3.8) is 0 Å². The molecule has 2 N–H and O–H groups in total. The van der Waals surface area contributed by atoms with Crippen LogP contribution in [-0.2, 0) is 9.59 Å². The lowest BCUT2D eigenvalue weighted by Crippen LogP contribution is -2.31. The van der Waals surface area contributed by atoms with Gasteiger partial charge in [0.2, 0.25) is 11.8 Å². The van der Waals surface area contributed by atoms with Crippen LogP contribution < -0.4 is 10.6 Å². The number of aromatic nitrogens is 2. The van der Waals surface area contributed by atoms with Crippen LogP contribution in [0.3, 0.4) is 0 Å². The molecule has 0 aromatic carbocycles. The van der Waals surface area contributed by atoms with Crippen LogP contribution in [0.15, 0.2) is 8.68 Å². The summed E-state index contributed by atoms with van der Waals surface area (Å²) in [4.78, 5) is 23.3. The Kier molecular flexibility index (Phi) is 9.49. The maximum atomic E-state index is 11.8. The van der Waals surface area contributed by atoms with E-state index in [2.05, 4.69) is 20.8 Å². The molecule has 1 aromatic heterocycles. The van der Waals surface area contributed by atoms with Crippen molar-refractivity contribution in [1.29, 1.82) is 0 Å². The average molecular weight is 363 g/mol. The Balaban J connectivity index is 2.37. The van der Waals surface area contributed by atoms with Gasteiger partial charge in [0.15, 0.2) is 8.68 Å².